The van der Waals surface area contributed by atoms with Gasteiger partial charge in [0.2, 0.25) is 0 Å². The van der Waals surface area contributed by atoms with Crippen LogP contribution < -0.4 is 15.8 Å². The van der Waals surface area contributed by atoms with E-state index in [4.69, 9.17) is 10.5 Å². The van der Waals surface area contributed by atoms with E-state index in [-0.39, 0.29) is 22.9 Å². The third-order valence-corrected chi connectivity index (χ3v) is 5.72. The van der Waals surface area contributed by atoms with Gasteiger partial charge in [0.05, 0.1) is 12.2 Å². The molecular formula is C24H22N6O2S. The number of ether oxygens (including phenoxy) is 1. The summed E-state index contributed by atoms with van der Waals surface area (Å²) in [5.41, 5.74) is 8.73. The molecule has 0 aliphatic carbocycles. The van der Waals surface area contributed by atoms with E-state index in [0.717, 1.165) is 12.0 Å². The lowest BCUT2D eigenvalue weighted by molar-refractivity contribution is 0.0958. The summed E-state index contributed by atoms with van der Waals surface area (Å²) < 4.78 is 5.71. The Morgan fingerprint density at radius 1 is 1.21 bits per heavy atom. The molecule has 0 radical (unpaired) electrons. The minimum absolute atomic E-state index is 0.0506. The van der Waals surface area contributed by atoms with Crippen LogP contribution in [0.2, 0.25) is 0 Å². The highest BCUT2D eigenvalue weighted by atomic mass is 32.2. The predicted octanol–water partition coefficient (Wildman–Crippen LogP) is 3.91. The third kappa shape index (κ3) is 5.40. The van der Waals surface area contributed by atoms with E-state index in [1.807, 2.05) is 25.1 Å². The number of thioether (sulfide) groups is 1. The molecule has 3 aromatic rings. The molecule has 1 amide bonds. The van der Waals surface area contributed by atoms with E-state index in [9.17, 15) is 15.3 Å². The summed E-state index contributed by atoms with van der Waals surface area (Å²) in [5.74, 6) is 0.839. The quantitative estimate of drug-likeness (QED) is 0.485. The molecule has 2 heterocycles. The number of carbonyl (C=O) groups excluding carboxylic acids is 1. The van der Waals surface area contributed by atoms with E-state index in [1.165, 1.54) is 18.8 Å². The summed E-state index contributed by atoms with van der Waals surface area (Å²) in [6.45, 7) is 2.57. The average molecular weight is 459 g/mol. The summed E-state index contributed by atoms with van der Waals surface area (Å²) in [5, 5.41) is 22.7. The number of anilines is 1. The van der Waals surface area contributed by atoms with Crippen molar-refractivity contribution in [2.45, 2.75) is 24.1 Å². The molecule has 0 unspecified atom stereocenters. The fourth-order valence-corrected chi connectivity index (χ4v) is 4.06. The molecule has 0 aliphatic rings. The monoisotopic (exact) mass is 458 g/mol. The molecule has 0 fully saturated rings. The smallest absolute Gasteiger partial charge is 0.269 e. The van der Waals surface area contributed by atoms with Crippen LogP contribution in [0.1, 0.15) is 40.5 Å². The summed E-state index contributed by atoms with van der Waals surface area (Å²) >= 11 is 1.30. The molecule has 0 saturated heterocycles. The molecular weight excluding hydrogens is 436 g/mol. The lowest BCUT2D eigenvalue weighted by Gasteiger charge is -2.14. The van der Waals surface area contributed by atoms with Crippen molar-refractivity contribution >= 4 is 23.5 Å². The van der Waals surface area contributed by atoms with Gasteiger partial charge in [-0.1, -0.05) is 19.1 Å². The number of rotatable bonds is 8. The molecule has 0 saturated carbocycles. The number of nitrogens with one attached hydrogen (secondary N) is 1. The van der Waals surface area contributed by atoms with Gasteiger partial charge in [-0.25, -0.2) is 4.98 Å². The highest BCUT2D eigenvalue weighted by molar-refractivity contribution is 7.98. The minimum Gasteiger partial charge on any atom is -0.494 e. The Labute approximate surface area is 196 Å². The van der Waals surface area contributed by atoms with Crippen molar-refractivity contribution in [3.05, 3.63) is 65.0 Å². The largest absolute Gasteiger partial charge is 0.494 e. The summed E-state index contributed by atoms with van der Waals surface area (Å²) in [7, 11) is 1.54. The van der Waals surface area contributed by atoms with Gasteiger partial charge in [-0.05, 0) is 41.8 Å². The normalized spacial score (nSPS) is 10.2. The second kappa shape index (κ2) is 11.0. The Balaban J connectivity index is 2.02. The van der Waals surface area contributed by atoms with Gasteiger partial charge in [0.1, 0.15) is 40.0 Å². The number of hydrogen-bond donors (Lipinski definition) is 2. The van der Waals surface area contributed by atoms with Gasteiger partial charge >= 0.3 is 0 Å². The van der Waals surface area contributed by atoms with Crippen molar-refractivity contribution in [2.24, 2.45) is 0 Å². The Hall–Kier alpha value is -4.08. The Morgan fingerprint density at radius 3 is 2.70 bits per heavy atom. The van der Waals surface area contributed by atoms with Gasteiger partial charge in [0.15, 0.2) is 0 Å². The molecule has 0 aliphatic heterocycles. The van der Waals surface area contributed by atoms with Gasteiger partial charge in [-0.2, -0.15) is 10.5 Å². The molecule has 0 atom stereocenters. The maximum Gasteiger partial charge on any atom is 0.269 e. The van der Waals surface area contributed by atoms with Crippen molar-refractivity contribution in [3.8, 4) is 29.0 Å². The third-order valence-electron chi connectivity index (χ3n) is 4.67. The van der Waals surface area contributed by atoms with E-state index in [2.05, 4.69) is 27.4 Å². The maximum atomic E-state index is 11.9. The fraction of sp³-hybridized carbons (Fsp3) is 0.208. The number of hydrogen-bond acceptors (Lipinski definition) is 8. The van der Waals surface area contributed by atoms with E-state index in [1.54, 1.807) is 24.4 Å². The van der Waals surface area contributed by atoms with Crippen molar-refractivity contribution in [1.82, 2.24) is 15.3 Å². The Kier molecular flexibility index (Phi) is 7.85. The second-order valence-electron chi connectivity index (χ2n) is 6.94. The van der Waals surface area contributed by atoms with Gasteiger partial charge in [0, 0.05) is 24.6 Å². The first-order valence-corrected chi connectivity index (χ1v) is 11.2. The van der Waals surface area contributed by atoms with E-state index >= 15 is 0 Å². The van der Waals surface area contributed by atoms with Crippen LogP contribution in [0, 0.1) is 22.7 Å². The number of nitrogens with two attached hydrogens (primary N) is 1. The molecule has 9 heteroatoms. The topological polar surface area (TPSA) is 138 Å². The number of nitriles is 2. The average Bonchev–Trinajstić information content (AvgIpc) is 2.85. The Bertz CT molecular complexity index is 1260. The van der Waals surface area contributed by atoms with E-state index < -0.39 is 0 Å². The molecule has 8 nitrogen and oxygen atoms in total. The summed E-state index contributed by atoms with van der Waals surface area (Å²) in [6, 6.07) is 15.0. The second-order valence-corrected chi connectivity index (χ2v) is 7.91. The zero-order chi connectivity index (χ0) is 23.8. The van der Waals surface area contributed by atoms with E-state index in [0.29, 0.717) is 40.0 Å². The first-order chi connectivity index (χ1) is 16.0. The number of amides is 1. The first kappa shape index (κ1) is 23.6. The van der Waals surface area contributed by atoms with Crippen molar-refractivity contribution in [3.63, 3.8) is 0 Å². The number of nitrogen functional groups attached to an aromatic ring is 1. The van der Waals surface area contributed by atoms with Gasteiger partial charge in [-0.3, -0.25) is 9.78 Å². The van der Waals surface area contributed by atoms with Crippen molar-refractivity contribution in [2.75, 3.05) is 19.4 Å². The Morgan fingerprint density at radius 2 is 2.00 bits per heavy atom. The van der Waals surface area contributed by atoms with Gasteiger partial charge < -0.3 is 15.8 Å². The molecule has 3 N–H and O–H groups in total. The van der Waals surface area contributed by atoms with Crippen LogP contribution in [0.4, 0.5) is 5.82 Å². The molecule has 0 bridgehead atoms. The molecule has 2 aromatic heterocycles. The number of pyridine rings is 2. The highest BCUT2D eigenvalue weighted by Gasteiger charge is 2.21. The van der Waals surface area contributed by atoms with Gasteiger partial charge in [0.25, 0.3) is 5.91 Å². The van der Waals surface area contributed by atoms with Crippen LogP contribution in [-0.2, 0) is 5.75 Å². The highest BCUT2D eigenvalue weighted by Crippen LogP contribution is 2.37. The lowest BCUT2D eigenvalue weighted by atomic mass is 9.96. The number of carbonyl (C=O) groups is 1. The number of nitrogens with zero attached hydrogens (tertiary/aromatic N) is 4. The molecule has 166 valence electrons. The van der Waals surface area contributed by atoms with Crippen LogP contribution in [0.25, 0.3) is 11.1 Å². The van der Waals surface area contributed by atoms with Crippen LogP contribution in [-0.4, -0.2) is 29.5 Å². The SMILES string of the molecule is CCCOc1cccc(-c2c(C#N)c(N)nc(SCc3ccnc(C(=O)NC)c3)c2C#N)c1. The van der Waals surface area contributed by atoms with Crippen molar-refractivity contribution in [1.29, 1.82) is 10.5 Å². The zero-order valence-electron chi connectivity index (χ0n) is 18.3. The van der Waals surface area contributed by atoms with Crippen molar-refractivity contribution < 1.29 is 9.53 Å². The minimum atomic E-state index is -0.284. The molecule has 0 spiro atoms. The standard InChI is InChI=1S/C24H22N6O2S/c1-3-9-32-17-6-4-5-16(11-17)21-18(12-25)22(27)30-24(19(21)13-26)33-14-15-7-8-29-20(10-15)23(31)28-2/h4-8,10-11H,3,9,14H2,1-2H3,(H2,27,30)(H,28,31). The zero-order valence-corrected chi connectivity index (χ0v) is 19.1. The summed E-state index contributed by atoms with van der Waals surface area (Å²) in [6.07, 6.45) is 2.41. The van der Waals surface area contributed by atoms with Crippen LogP contribution in [0.15, 0.2) is 47.6 Å². The number of benzene rings is 1. The predicted molar refractivity (Wildman–Crippen MR) is 126 cm³/mol. The number of aromatic nitrogens is 2. The molecule has 1 aromatic carbocycles. The van der Waals surface area contributed by atoms with Crippen LogP contribution >= 0.6 is 11.8 Å². The van der Waals surface area contributed by atoms with Crippen LogP contribution in [0.3, 0.4) is 0 Å². The molecule has 3 rings (SSSR count). The van der Waals surface area contributed by atoms with Crippen LogP contribution in [0.5, 0.6) is 5.75 Å². The fourth-order valence-electron chi connectivity index (χ4n) is 3.12. The first-order valence-electron chi connectivity index (χ1n) is 10.2. The van der Waals surface area contributed by atoms with Gasteiger partial charge in [-0.15, -0.1) is 11.8 Å². The maximum absolute atomic E-state index is 11.9. The lowest BCUT2D eigenvalue weighted by Crippen LogP contribution is -2.19. The molecule has 33 heavy (non-hydrogen) atoms. The summed E-state index contributed by atoms with van der Waals surface area (Å²) in [4.78, 5) is 20.3.